The van der Waals surface area contributed by atoms with Gasteiger partial charge in [0.1, 0.15) is 0 Å². The number of esters is 1. The third-order valence-corrected chi connectivity index (χ3v) is 4.59. The molecule has 0 bridgehead atoms. The van der Waals surface area contributed by atoms with Gasteiger partial charge in [-0.1, -0.05) is 62.4 Å². The van der Waals surface area contributed by atoms with Crippen LogP contribution in [0, 0.1) is 5.92 Å². The fourth-order valence-electron chi connectivity index (χ4n) is 3.14. The fourth-order valence-corrected chi connectivity index (χ4v) is 3.14. The van der Waals surface area contributed by atoms with Crippen molar-refractivity contribution in [3.63, 3.8) is 0 Å². The first-order valence-corrected chi connectivity index (χ1v) is 9.76. The van der Waals surface area contributed by atoms with Crippen molar-refractivity contribution in [2.45, 2.75) is 26.5 Å². The zero-order valence-corrected chi connectivity index (χ0v) is 17.5. The van der Waals surface area contributed by atoms with E-state index in [1.54, 1.807) is 62.6 Å². The van der Waals surface area contributed by atoms with E-state index in [9.17, 15) is 14.4 Å². The predicted molar refractivity (Wildman–Crippen MR) is 114 cm³/mol. The molecule has 0 N–H and O–H groups in total. The number of ether oxygens (including phenoxy) is 1. The lowest BCUT2D eigenvalue weighted by atomic mass is 10.1. The van der Waals surface area contributed by atoms with Crippen LogP contribution < -0.4 is 5.56 Å². The molecule has 0 aliphatic rings. The van der Waals surface area contributed by atoms with E-state index in [1.165, 1.54) is 9.58 Å². The quantitative estimate of drug-likeness (QED) is 0.587. The van der Waals surface area contributed by atoms with Gasteiger partial charge in [0, 0.05) is 31.6 Å². The first-order valence-electron chi connectivity index (χ1n) is 9.76. The number of likely N-dealkylation sites (N-methyl/N-ethyl adjacent to an activating group) is 1. The third kappa shape index (κ3) is 4.40. The Kier molecular flexibility index (Phi) is 6.30. The van der Waals surface area contributed by atoms with Gasteiger partial charge in [-0.15, -0.1) is 0 Å². The molecule has 3 rings (SSSR count). The molecule has 1 unspecified atom stereocenters. The predicted octanol–water partition coefficient (Wildman–Crippen LogP) is 3.04. The summed E-state index contributed by atoms with van der Waals surface area (Å²) in [7, 11) is 3.20. The highest BCUT2D eigenvalue weighted by molar-refractivity contribution is 6.03. The lowest BCUT2D eigenvalue weighted by Gasteiger charge is -2.21. The van der Waals surface area contributed by atoms with Gasteiger partial charge in [0.2, 0.25) is 6.10 Å². The molecule has 0 radical (unpaired) electrons. The second kappa shape index (κ2) is 8.90. The lowest BCUT2D eigenvalue weighted by Crippen LogP contribution is -2.32. The molecule has 156 valence electrons. The summed E-state index contributed by atoms with van der Waals surface area (Å²) in [6.07, 6.45) is -1.11. The minimum absolute atomic E-state index is 0.0123. The third-order valence-electron chi connectivity index (χ3n) is 4.59. The summed E-state index contributed by atoms with van der Waals surface area (Å²) in [6, 6.07) is 15.6. The van der Waals surface area contributed by atoms with Gasteiger partial charge in [-0.25, -0.2) is 9.48 Å². The molecule has 0 aliphatic carbocycles. The van der Waals surface area contributed by atoms with Crippen molar-refractivity contribution in [1.82, 2.24) is 14.7 Å². The van der Waals surface area contributed by atoms with Gasteiger partial charge in [0.15, 0.2) is 5.69 Å². The Morgan fingerprint density at radius 2 is 1.60 bits per heavy atom. The van der Waals surface area contributed by atoms with E-state index in [-0.39, 0.29) is 23.1 Å². The van der Waals surface area contributed by atoms with Crippen LogP contribution in [0.1, 0.15) is 36.0 Å². The number of amides is 1. The van der Waals surface area contributed by atoms with E-state index in [1.807, 2.05) is 19.9 Å². The molecule has 0 spiro atoms. The average molecular weight is 407 g/mol. The number of aromatic nitrogens is 2. The Bertz CT molecular complexity index is 1120. The molecular weight excluding hydrogens is 382 g/mol. The second-order valence-corrected chi connectivity index (χ2v) is 7.70. The molecule has 1 amide bonds. The average Bonchev–Trinajstić information content (AvgIpc) is 2.73. The maximum Gasteiger partial charge on any atom is 0.360 e. The Morgan fingerprint density at radius 3 is 2.20 bits per heavy atom. The van der Waals surface area contributed by atoms with Gasteiger partial charge in [-0.2, -0.15) is 5.10 Å². The van der Waals surface area contributed by atoms with Crippen LogP contribution in [0.3, 0.4) is 0 Å². The zero-order valence-electron chi connectivity index (χ0n) is 17.5. The fraction of sp³-hybridized carbons (Fsp3) is 0.304. The molecule has 0 saturated heterocycles. The number of carbonyl (C=O) groups excluding carboxylic acids is 2. The summed E-state index contributed by atoms with van der Waals surface area (Å²) >= 11 is 0. The highest BCUT2D eigenvalue weighted by Crippen LogP contribution is 2.23. The summed E-state index contributed by atoms with van der Waals surface area (Å²) in [5, 5.41) is 5.08. The molecule has 0 fully saturated rings. The van der Waals surface area contributed by atoms with Crippen molar-refractivity contribution in [3.8, 4) is 0 Å². The van der Waals surface area contributed by atoms with Crippen molar-refractivity contribution >= 4 is 22.6 Å². The topological polar surface area (TPSA) is 81.5 Å². The number of carbonyl (C=O) groups is 2. The zero-order chi connectivity index (χ0) is 21.8. The van der Waals surface area contributed by atoms with Crippen LogP contribution in [0.25, 0.3) is 10.8 Å². The molecule has 0 aliphatic heterocycles. The molecule has 7 nitrogen and oxygen atoms in total. The van der Waals surface area contributed by atoms with Gasteiger partial charge in [-0.05, 0) is 12.0 Å². The van der Waals surface area contributed by atoms with Gasteiger partial charge in [0.05, 0.1) is 5.39 Å². The van der Waals surface area contributed by atoms with Gasteiger partial charge in [-0.3, -0.25) is 9.59 Å². The van der Waals surface area contributed by atoms with Crippen LogP contribution in [0.5, 0.6) is 0 Å². The molecule has 0 saturated carbocycles. The standard InChI is InChI=1S/C23H25N3O4/c1-15(2)14-26-21(27)18-13-9-8-12-17(18)19(24-26)23(29)30-20(22(28)25(3)4)16-10-6-5-7-11-16/h5-13,15,20H,14H2,1-4H3. The van der Waals surface area contributed by atoms with E-state index in [2.05, 4.69) is 5.10 Å². The van der Waals surface area contributed by atoms with Crippen molar-refractivity contribution in [2.24, 2.45) is 5.92 Å². The van der Waals surface area contributed by atoms with Crippen LogP contribution in [0.2, 0.25) is 0 Å². The van der Waals surface area contributed by atoms with E-state index in [0.717, 1.165) is 0 Å². The summed E-state index contributed by atoms with van der Waals surface area (Å²) < 4.78 is 6.93. The molecule has 7 heteroatoms. The monoisotopic (exact) mass is 407 g/mol. The van der Waals surface area contributed by atoms with Crippen LogP contribution >= 0.6 is 0 Å². The Hall–Kier alpha value is -3.48. The normalized spacial score (nSPS) is 12.0. The van der Waals surface area contributed by atoms with Crippen LogP contribution in [-0.4, -0.2) is 40.7 Å². The van der Waals surface area contributed by atoms with Gasteiger partial charge >= 0.3 is 5.97 Å². The number of hydrogen-bond donors (Lipinski definition) is 0. The molecule has 1 aromatic heterocycles. The number of rotatable bonds is 6. The number of fused-ring (bicyclic) bond motifs is 1. The second-order valence-electron chi connectivity index (χ2n) is 7.70. The minimum atomic E-state index is -1.11. The molecule has 3 aromatic rings. The van der Waals surface area contributed by atoms with Crippen molar-refractivity contribution in [1.29, 1.82) is 0 Å². The van der Waals surface area contributed by atoms with E-state index in [4.69, 9.17) is 4.74 Å². The van der Waals surface area contributed by atoms with E-state index in [0.29, 0.717) is 22.9 Å². The smallest absolute Gasteiger partial charge is 0.360 e. The minimum Gasteiger partial charge on any atom is -0.442 e. The van der Waals surface area contributed by atoms with Crippen molar-refractivity contribution in [2.75, 3.05) is 14.1 Å². The summed E-state index contributed by atoms with van der Waals surface area (Å²) in [6.45, 7) is 4.29. The Labute approximate surface area is 174 Å². The highest BCUT2D eigenvalue weighted by atomic mass is 16.5. The van der Waals surface area contributed by atoms with Gasteiger partial charge in [0.25, 0.3) is 11.5 Å². The van der Waals surface area contributed by atoms with Crippen LogP contribution in [0.15, 0.2) is 59.4 Å². The van der Waals surface area contributed by atoms with Crippen LogP contribution in [-0.2, 0) is 16.1 Å². The SMILES string of the molecule is CC(C)Cn1nc(C(=O)OC(C(=O)N(C)C)c2ccccc2)c2ccccc2c1=O. The summed E-state index contributed by atoms with van der Waals surface area (Å²) in [5.74, 6) is -0.963. The molecule has 1 heterocycles. The molecule has 2 aromatic carbocycles. The van der Waals surface area contributed by atoms with Crippen molar-refractivity contribution < 1.29 is 14.3 Å². The van der Waals surface area contributed by atoms with Crippen LogP contribution in [0.4, 0.5) is 0 Å². The lowest BCUT2D eigenvalue weighted by molar-refractivity contribution is -0.138. The van der Waals surface area contributed by atoms with Gasteiger partial charge < -0.3 is 9.64 Å². The Balaban J connectivity index is 2.08. The molecular formula is C23H25N3O4. The largest absolute Gasteiger partial charge is 0.442 e. The summed E-state index contributed by atoms with van der Waals surface area (Å²) in [5.41, 5.74) is 0.308. The maximum atomic E-state index is 13.1. The van der Waals surface area contributed by atoms with E-state index < -0.39 is 12.1 Å². The Morgan fingerprint density at radius 1 is 1.00 bits per heavy atom. The summed E-state index contributed by atoms with van der Waals surface area (Å²) in [4.78, 5) is 40.0. The van der Waals surface area contributed by atoms with E-state index >= 15 is 0 Å². The number of benzene rings is 2. The van der Waals surface area contributed by atoms with Crippen molar-refractivity contribution in [3.05, 3.63) is 76.2 Å². The molecule has 1 atom stereocenters. The number of nitrogens with zero attached hydrogens (tertiary/aromatic N) is 3. The first kappa shape index (κ1) is 21.2. The highest BCUT2D eigenvalue weighted by Gasteiger charge is 2.29. The maximum absolute atomic E-state index is 13.1. The molecule has 30 heavy (non-hydrogen) atoms. The first-order chi connectivity index (χ1) is 14.3. The number of hydrogen-bond acceptors (Lipinski definition) is 5.